The molecule has 0 aromatic heterocycles. The van der Waals surface area contributed by atoms with Crippen molar-refractivity contribution in [2.75, 3.05) is 0 Å². The van der Waals surface area contributed by atoms with Crippen molar-refractivity contribution in [1.82, 2.24) is 0 Å². The summed E-state index contributed by atoms with van der Waals surface area (Å²) in [6.07, 6.45) is 0. The van der Waals surface area contributed by atoms with Gasteiger partial charge in [-0.15, -0.1) is 0 Å². The van der Waals surface area contributed by atoms with Crippen LogP contribution in [0.5, 0.6) is 0 Å². The summed E-state index contributed by atoms with van der Waals surface area (Å²) in [6.45, 7) is 13.9. The normalized spacial score (nSPS) is 8.38. The SMILES string of the molecule is C.CC(=O)OC(C)(C)C.CC(=O)OC(C)(C)C.S.S.S.S. The summed E-state index contributed by atoms with van der Waals surface area (Å²) in [6, 6.07) is 0. The fraction of sp³-hybridized carbons (Fsp3) is 0.846. The van der Waals surface area contributed by atoms with Gasteiger partial charge in [0.1, 0.15) is 11.2 Å². The number of rotatable bonds is 0. The van der Waals surface area contributed by atoms with Crippen LogP contribution in [-0.4, -0.2) is 23.1 Å². The third-order valence-corrected chi connectivity index (χ3v) is 0.900. The molecule has 0 aliphatic carbocycles. The van der Waals surface area contributed by atoms with Gasteiger partial charge in [0.25, 0.3) is 0 Å². The maximum absolute atomic E-state index is 10.2. The average Bonchev–Trinajstić information content (AvgIpc) is 1.72. The van der Waals surface area contributed by atoms with Gasteiger partial charge >= 0.3 is 11.9 Å². The zero-order valence-corrected chi connectivity index (χ0v) is 17.6. The summed E-state index contributed by atoms with van der Waals surface area (Å²) >= 11 is 0. The topological polar surface area (TPSA) is 52.6 Å². The van der Waals surface area contributed by atoms with Gasteiger partial charge in [0.2, 0.25) is 0 Å². The molecule has 0 rings (SSSR count). The first-order valence-corrected chi connectivity index (χ1v) is 5.22. The van der Waals surface area contributed by atoms with Gasteiger partial charge in [0.15, 0.2) is 0 Å². The summed E-state index contributed by atoms with van der Waals surface area (Å²) in [5.74, 6) is -0.449. The van der Waals surface area contributed by atoms with Crippen LogP contribution in [-0.2, 0) is 19.1 Å². The lowest BCUT2D eigenvalue weighted by Crippen LogP contribution is -2.21. The van der Waals surface area contributed by atoms with Crippen LogP contribution in [0.15, 0.2) is 0 Å². The van der Waals surface area contributed by atoms with Crippen molar-refractivity contribution < 1.29 is 19.1 Å². The van der Waals surface area contributed by atoms with Crippen LogP contribution in [0.3, 0.4) is 0 Å². The zero-order valence-electron chi connectivity index (χ0n) is 13.6. The summed E-state index contributed by atoms with van der Waals surface area (Å²) in [5, 5.41) is 0. The highest BCUT2D eigenvalue weighted by molar-refractivity contribution is 7.59. The monoisotopic (exact) mass is 384 g/mol. The second kappa shape index (κ2) is 18.4. The molecule has 0 atom stereocenters. The van der Waals surface area contributed by atoms with E-state index in [-0.39, 0.29) is 84.6 Å². The quantitative estimate of drug-likeness (QED) is 0.596. The van der Waals surface area contributed by atoms with E-state index in [1.807, 2.05) is 41.5 Å². The van der Waals surface area contributed by atoms with E-state index >= 15 is 0 Å². The lowest BCUT2D eigenvalue weighted by atomic mass is 10.2. The number of esters is 2. The van der Waals surface area contributed by atoms with Crippen LogP contribution < -0.4 is 0 Å². The first-order chi connectivity index (χ1) is 6.83. The lowest BCUT2D eigenvalue weighted by Gasteiger charge is -2.17. The summed E-state index contributed by atoms with van der Waals surface area (Å²) in [5.41, 5.74) is -0.655. The van der Waals surface area contributed by atoms with E-state index in [1.54, 1.807) is 0 Å². The van der Waals surface area contributed by atoms with E-state index in [4.69, 9.17) is 9.47 Å². The van der Waals surface area contributed by atoms with Gasteiger partial charge in [0, 0.05) is 13.8 Å². The molecule has 21 heavy (non-hydrogen) atoms. The molecule has 0 N–H and O–H groups in total. The van der Waals surface area contributed by atoms with Gasteiger partial charge in [-0.3, -0.25) is 9.59 Å². The first kappa shape index (κ1) is 42.9. The second-order valence-electron chi connectivity index (χ2n) is 5.41. The molecule has 8 heteroatoms. The minimum absolute atomic E-state index is 0. The Labute approximate surface area is 158 Å². The Morgan fingerprint density at radius 3 is 0.762 bits per heavy atom. The molecule has 0 amide bonds. The highest BCUT2D eigenvalue weighted by Gasteiger charge is 2.12. The molecule has 0 aliphatic rings. The van der Waals surface area contributed by atoms with E-state index < -0.39 is 0 Å². The van der Waals surface area contributed by atoms with Gasteiger partial charge in [-0.1, -0.05) is 7.43 Å². The number of hydrogen-bond donors (Lipinski definition) is 0. The highest BCUT2D eigenvalue weighted by Crippen LogP contribution is 2.06. The number of carbonyl (C=O) groups is 2. The Balaban J connectivity index is -0.0000000302. The van der Waals surface area contributed by atoms with E-state index in [0.29, 0.717) is 0 Å². The van der Waals surface area contributed by atoms with Crippen LogP contribution in [0.25, 0.3) is 0 Å². The molecule has 0 unspecified atom stereocenters. The molecule has 0 saturated heterocycles. The molecular formula is C13H36O4S4. The Morgan fingerprint density at radius 1 is 0.619 bits per heavy atom. The Morgan fingerprint density at radius 2 is 0.762 bits per heavy atom. The number of ether oxygens (including phenoxy) is 2. The molecule has 0 fully saturated rings. The molecule has 0 heterocycles. The van der Waals surface area contributed by atoms with E-state index in [9.17, 15) is 9.59 Å². The predicted octanol–water partition coefficient (Wildman–Crippen LogP) is 3.78. The van der Waals surface area contributed by atoms with Gasteiger partial charge in [-0.2, -0.15) is 54.0 Å². The van der Waals surface area contributed by atoms with Crippen molar-refractivity contribution in [3.05, 3.63) is 0 Å². The zero-order chi connectivity index (χ0) is 13.6. The molecule has 0 aromatic carbocycles. The number of hydrogen-bond acceptors (Lipinski definition) is 4. The molecule has 136 valence electrons. The van der Waals surface area contributed by atoms with E-state index in [0.717, 1.165) is 0 Å². The molecular weight excluding hydrogens is 348 g/mol. The smallest absolute Gasteiger partial charge is 0.303 e. The Bertz CT molecular complexity index is 220. The summed E-state index contributed by atoms with van der Waals surface area (Å²) < 4.78 is 9.60. The third-order valence-electron chi connectivity index (χ3n) is 0.900. The van der Waals surface area contributed by atoms with Crippen LogP contribution in [0, 0.1) is 0 Å². The fourth-order valence-electron chi connectivity index (χ4n) is 0.862. The molecule has 0 spiro atoms. The highest BCUT2D eigenvalue weighted by atomic mass is 32.1. The largest absolute Gasteiger partial charge is 0.460 e. The van der Waals surface area contributed by atoms with Crippen molar-refractivity contribution >= 4 is 65.9 Å². The van der Waals surface area contributed by atoms with Crippen molar-refractivity contribution in [3.63, 3.8) is 0 Å². The molecule has 0 radical (unpaired) electrons. The second-order valence-corrected chi connectivity index (χ2v) is 5.41. The third kappa shape index (κ3) is 64.0. The van der Waals surface area contributed by atoms with Gasteiger partial charge < -0.3 is 9.47 Å². The minimum Gasteiger partial charge on any atom is -0.460 e. The Hall–Kier alpha value is 0.340. The maximum Gasteiger partial charge on any atom is 0.303 e. The first-order valence-electron chi connectivity index (χ1n) is 5.22. The average molecular weight is 385 g/mol. The van der Waals surface area contributed by atoms with Gasteiger partial charge in [0.05, 0.1) is 0 Å². The minimum atomic E-state index is -0.328. The van der Waals surface area contributed by atoms with Crippen molar-refractivity contribution in [1.29, 1.82) is 0 Å². The molecule has 0 aliphatic heterocycles. The summed E-state index contributed by atoms with van der Waals surface area (Å²) in [4.78, 5) is 20.5. The molecule has 0 saturated carbocycles. The Kier molecular flexibility index (Phi) is 37.6. The van der Waals surface area contributed by atoms with Crippen LogP contribution in [0.4, 0.5) is 0 Å². The van der Waals surface area contributed by atoms with Crippen molar-refractivity contribution in [2.24, 2.45) is 0 Å². The van der Waals surface area contributed by atoms with Gasteiger partial charge in [-0.25, -0.2) is 0 Å². The maximum atomic E-state index is 10.2. The number of carbonyl (C=O) groups excluding carboxylic acids is 2. The van der Waals surface area contributed by atoms with Crippen molar-refractivity contribution in [3.8, 4) is 0 Å². The molecule has 0 bridgehead atoms. The standard InChI is InChI=1S/2C6H12O2.CH4.4H2S/c2*1-5(7)8-6(2,3)4;;;;;/h2*1-4H3;1H4;4*1H2. The lowest BCUT2D eigenvalue weighted by molar-refractivity contribution is -0.153. The van der Waals surface area contributed by atoms with Crippen LogP contribution >= 0.6 is 54.0 Å². The van der Waals surface area contributed by atoms with Crippen LogP contribution in [0.2, 0.25) is 0 Å². The van der Waals surface area contributed by atoms with Gasteiger partial charge in [-0.05, 0) is 41.5 Å². The molecule has 0 aromatic rings. The van der Waals surface area contributed by atoms with Crippen LogP contribution in [0.1, 0.15) is 62.8 Å². The van der Waals surface area contributed by atoms with Crippen molar-refractivity contribution in [2.45, 2.75) is 74.0 Å². The van der Waals surface area contributed by atoms with E-state index in [2.05, 4.69) is 0 Å². The predicted molar refractivity (Wildman–Crippen MR) is 111 cm³/mol. The molecule has 4 nitrogen and oxygen atoms in total. The van der Waals surface area contributed by atoms with E-state index in [1.165, 1.54) is 13.8 Å². The summed E-state index contributed by atoms with van der Waals surface area (Å²) in [7, 11) is 0. The fourth-order valence-corrected chi connectivity index (χ4v) is 0.862.